The molecule has 32 heteroatoms. The quantitative estimate of drug-likeness (QED) is 0.0170. The number of aliphatic carboxylic acids is 1. The average molecular weight is 1130 g/mol. The number of aromatic nitrogens is 2. The summed E-state index contributed by atoms with van der Waals surface area (Å²) in [6.07, 6.45) is -16.6. The monoisotopic (exact) mass is 1130 g/mol. The lowest BCUT2D eigenvalue weighted by Gasteiger charge is -2.45. The number of hydrogen-bond donors (Lipinski definition) is 14. The van der Waals surface area contributed by atoms with Gasteiger partial charge in [0.15, 0.2) is 12.8 Å². The molecular formula is C46H63N7O24P+. The highest BCUT2D eigenvalue weighted by Gasteiger charge is 2.64. The van der Waals surface area contributed by atoms with Gasteiger partial charge in [-0.3, -0.25) is 23.8 Å². The van der Waals surface area contributed by atoms with Gasteiger partial charge in [0.05, 0.1) is 64.9 Å². The molecule has 2 saturated heterocycles. The van der Waals surface area contributed by atoms with E-state index in [0.29, 0.717) is 0 Å². The maximum absolute atomic E-state index is 12.9. The molecule has 430 valence electrons. The highest BCUT2D eigenvalue weighted by molar-refractivity contribution is 7.54. The predicted molar refractivity (Wildman–Crippen MR) is 261 cm³/mol. The summed E-state index contributed by atoms with van der Waals surface area (Å²) in [7, 11) is -5.43. The molecule has 2 fully saturated rings. The van der Waals surface area contributed by atoms with E-state index in [9.17, 15) is 74.3 Å². The number of benzene rings is 2. The van der Waals surface area contributed by atoms with E-state index >= 15 is 0 Å². The van der Waals surface area contributed by atoms with Crippen molar-refractivity contribution in [1.82, 2.24) is 31.0 Å². The minimum atomic E-state index is -5.43. The maximum atomic E-state index is 12.9. The van der Waals surface area contributed by atoms with Crippen LogP contribution in [0.3, 0.4) is 0 Å². The van der Waals surface area contributed by atoms with Crippen molar-refractivity contribution in [2.75, 3.05) is 84.9 Å². The second-order valence-electron chi connectivity index (χ2n) is 17.6. The molecule has 2 unspecified atom stereocenters. The van der Waals surface area contributed by atoms with Crippen molar-refractivity contribution in [3.63, 3.8) is 0 Å². The SMILES string of the molecule is Nc1ccn([C@@H]2O[C@H](CO[P+](O)(O)O[C@@]3(C(=O)O)C[C@@H](O)[C@@H](NC(=O)CNC(=O)CCOCCOCCOCCNC(=O)CONC(=O)OCC4c5ccccc5-c5ccccc54)C([C@H](O)[C@H](O)CO)O3)C(O)[C@@H]2O)c(=O)n1. The van der Waals surface area contributed by atoms with Crippen LogP contribution in [0.25, 0.3) is 11.1 Å². The van der Waals surface area contributed by atoms with Crippen LogP contribution < -0.4 is 32.9 Å². The third kappa shape index (κ3) is 16.6. The number of nitrogens with two attached hydrogens (primary N) is 1. The maximum Gasteiger partial charge on any atom is 0.573 e. The van der Waals surface area contributed by atoms with E-state index in [-0.39, 0.29) is 70.9 Å². The zero-order valence-electron chi connectivity index (χ0n) is 41.5. The second-order valence-corrected chi connectivity index (χ2v) is 19.1. The Morgan fingerprint density at radius 2 is 1.49 bits per heavy atom. The number of nitrogens with zero attached hydrogens (tertiary/aromatic N) is 2. The Kier molecular flexibility index (Phi) is 22.6. The lowest BCUT2D eigenvalue weighted by Crippen LogP contribution is -2.68. The van der Waals surface area contributed by atoms with E-state index in [1.165, 1.54) is 6.07 Å². The number of ether oxygens (including phenoxy) is 6. The van der Waals surface area contributed by atoms with Gasteiger partial charge in [-0.2, -0.15) is 24.8 Å². The molecule has 31 nitrogen and oxygen atoms in total. The predicted octanol–water partition coefficient (Wildman–Crippen LogP) is -4.59. The first kappa shape index (κ1) is 61.3. The number of carboxylic acid groups (broad SMARTS) is 1. The Labute approximate surface area is 443 Å². The van der Waals surface area contributed by atoms with Crippen molar-refractivity contribution >= 4 is 43.8 Å². The number of hydrogen-bond acceptors (Lipinski definition) is 25. The fraction of sp³-hybridized carbons (Fsp3) is 0.543. The van der Waals surface area contributed by atoms with Crippen molar-refractivity contribution in [3.05, 3.63) is 82.4 Å². The summed E-state index contributed by atoms with van der Waals surface area (Å²) in [5.41, 5.74) is 10.9. The third-order valence-electron chi connectivity index (χ3n) is 12.2. The standard InChI is InChI=1S/C46H62N7O24P/c47-33-9-12-53(44(65)50-33)42-40(62)39(61)32(75-42)23-74-78(67,68)77-46(43(63)64)19-30(55)37(41(76-46)38(60)31(56)21-54)51-35(58)20-49-34(57)10-13-69-15-17-71-18-16-70-14-11-48-36(59)24-73-52-45(66)72-22-29-27-7-3-1-5-25(27)26-6-2-4-8-28(26)29/h1-9,12,29-32,37-42,54-56,60-62,67-68H,10-11,13-24H2,(H6-,47,48,49,50,51,52,57,58,59,63,64,65,66)/p+1/t30-,31-,32-,37-,38-,39?,40+,41?,42-,46-/m1/s1. The van der Waals surface area contributed by atoms with Gasteiger partial charge in [-0.05, 0) is 28.3 Å². The van der Waals surface area contributed by atoms with E-state index in [1.54, 1.807) is 0 Å². The zero-order valence-corrected chi connectivity index (χ0v) is 42.4. The van der Waals surface area contributed by atoms with Crippen molar-refractivity contribution < 1.29 is 112 Å². The lowest BCUT2D eigenvalue weighted by molar-refractivity contribution is -0.291. The fourth-order valence-corrected chi connectivity index (χ4v) is 9.38. The van der Waals surface area contributed by atoms with Gasteiger partial charge < -0.3 is 85.9 Å². The molecule has 78 heavy (non-hydrogen) atoms. The summed E-state index contributed by atoms with van der Waals surface area (Å²) in [5.74, 6) is -7.94. The zero-order chi connectivity index (χ0) is 56.6. The minimum Gasteiger partial charge on any atom is -0.477 e. The molecule has 1 aliphatic carbocycles. The average Bonchev–Trinajstić information content (AvgIpc) is 3.89. The van der Waals surface area contributed by atoms with Crippen LogP contribution in [-0.2, 0) is 61.5 Å². The number of carbonyl (C=O) groups is 5. The van der Waals surface area contributed by atoms with E-state index in [4.69, 9.17) is 48.0 Å². The van der Waals surface area contributed by atoms with Crippen molar-refractivity contribution in [3.8, 4) is 11.1 Å². The molecule has 6 rings (SSSR count). The smallest absolute Gasteiger partial charge is 0.477 e. The summed E-state index contributed by atoms with van der Waals surface area (Å²) >= 11 is 0. The van der Waals surface area contributed by atoms with Gasteiger partial charge in [0.1, 0.15) is 55.7 Å². The number of aliphatic hydroxyl groups is 6. The molecule has 1 aromatic heterocycles. The molecule has 0 spiro atoms. The van der Waals surface area contributed by atoms with Gasteiger partial charge in [0.2, 0.25) is 17.7 Å². The number of rotatable bonds is 30. The molecule has 2 aliphatic heterocycles. The Morgan fingerprint density at radius 3 is 2.13 bits per heavy atom. The van der Waals surface area contributed by atoms with Gasteiger partial charge in [-0.25, -0.2) is 14.4 Å². The minimum absolute atomic E-state index is 0.0791. The highest BCUT2D eigenvalue weighted by atomic mass is 31.2. The molecule has 0 saturated carbocycles. The molecule has 3 aliphatic rings. The number of nitrogen functional groups attached to an aromatic ring is 1. The first-order valence-corrected chi connectivity index (χ1v) is 25.7. The number of aliphatic hydroxyl groups excluding tert-OH is 6. The molecule has 0 bridgehead atoms. The van der Waals surface area contributed by atoms with Crippen molar-refractivity contribution in [2.45, 2.75) is 79.5 Å². The Balaban J connectivity index is 0.815. The van der Waals surface area contributed by atoms with Crippen LogP contribution in [0, 0.1) is 0 Å². The molecule has 10 atom stereocenters. The van der Waals surface area contributed by atoms with Gasteiger partial charge in [0.25, 0.3) is 0 Å². The number of nitrogens with one attached hydrogen (secondary N) is 4. The number of carbonyl (C=O) groups excluding carboxylic acids is 4. The van der Waals surface area contributed by atoms with Gasteiger partial charge in [-0.1, -0.05) is 48.5 Å². The Hall–Kier alpha value is -5.94. The lowest BCUT2D eigenvalue weighted by atomic mass is 9.88. The number of anilines is 1. The summed E-state index contributed by atoms with van der Waals surface area (Å²) in [5, 5.41) is 80.1. The Morgan fingerprint density at radius 1 is 0.846 bits per heavy atom. The third-order valence-corrected chi connectivity index (χ3v) is 13.2. The fourth-order valence-electron chi connectivity index (χ4n) is 8.40. The second kappa shape index (κ2) is 28.8. The number of amides is 4. The van der Waals surface area contributed by atoms with Crippen molar-refractivity contribution in [1.29, 1.82) is 0 Å². The molecule has 2 aromatic carbocycles. The first-order valence-electron chi connectivity index (χ1n) is 24.1. The topological polar surface area (TPSA) is 460 Å². The largest absolute Gasteiger partial charge is 0.573 e. The number of hydroxylamine groups is 1. The molecule has 3 aromatic rings. The summed E-state index contributed by atoms with van der Waals surface area (Å²) in [6, 6.07) is 15.2. The number of fused-ring (bicyclic) bond motifs is 3. The van der Waals surface area contributed by atoms with Crippen LogP contribution in [0.15, 0.2) is 65.6 Å². The van der Waals surface area contributed by atoms with E-state index in [0.717, 1.165) is 33.0 Å². The molecule has 4 amide bonds. The van der Waals surface area contributed by atoms with E-state index in [2.05, 4.69) is 26.4 Å². The number of carboxylic acids is 1. The normalized spacial score (nSPS) is 23.6. The summed E-state index contributed by atoms with van der Waals surface area (Å²) in [6.45, 7) is -2.53. The van der Waals surface area contributed by atoms with Gasteiger partial charge in [-0.15, -0.1) is 4.52 Å². The van der Waals surface area contributed by atoms with E-state index in [1.807, 2.05) is 48.5 Å². The van der Waals surface area contributed by atoms with E-state index < -0.39 is 137 Å². The van der Waals surface area contributed by atoms with Crippen molar-refractivity contribution in [2.24, 2.45) is 0 Å². The Bertz CT molecular complexity index is 2520. The van der Waals surface area contributed by atoms with Crippen LogP contribution in [0.4, 0.5) is 10.6 Å². The van der Waals surface area contributed by atoms with Crippen LogP contribution in [0.5, 0.6) is 0 Å². The first-order chi connectivity index (χ1) is 37.2. The molecule has 0 radical (unpaired) electrons. The van der Waals surface area contributed by atoms with Crippen LogP contribution in [0.2, 0.25) is 0 Å². The van der Waals surface area contributed by atoms with Gasteiger partial charge in [0, 0.05) is 31.5 Å². The highest BCUT2D eigenvalue weighted by Crippen LogP contribution is 2.58. The van der Waals surface area contributed by atoms with Gasteiger partial charge >= 0.3 is 31.7 Å². The summed E-state index contributed by atoms with van der Waals surface area (Å²) < 4.78 is 43.1. The van der Waals surface area contributed by atoms with Crippen LogP contribution in [0.1, 0.15) is 36.1 Å². The van der Waals surface area contributed by atoms with Crippen LogP contribution >= 0.6 is 8.17 Å². The summed E-state index contributed by atoms with van der Waals surface area (Å²) in [4.78, 5) is 104. The van der Waals surface area contributed by atoms with Crippen LogP contribution in [-0.4, -0.2) is 219 Å². The molecule has 15 N–H and O–H groups in total. The molecular weight excluding hydrogens is 1070 g/mol. The molecule has 3 heterocycles.